The molecule has 0 saturated carbocycles. The first kappa shape index (κ1) is 32.7. The van der Waals surface area contributed by atoms with Gasteiger partial charge in [0, 0.05) is 18.6 Å². The zero-order valence-corrected chi connectivity index (χ0v) is 25.3. The topological polar surface area (TPSA) is 42.2 Å². The summed E-state index contributed by atoms with van der Waals surface area (Å²) in [6.07, 6.45) is 19.0. The second-order valence-corrected chi connectivity index (χ2v) is 9.85. The van der Waals surface area contributed by atoms with Crippen molar-refractivity contribution in [2.75, 3.05) is 6.61 Å². The number of pyridine rings is 1. The van der Waals surface area contributed by atoms with Crippen LogP contribution in [0, 0.1) is 0 Å². The number of rotatable bonds is 19. The minimum Gasteiger partial charge on any atom is -1.00 e. The van der Waals surface area contributed by atoms with Crippen LogP contribution in [0.4, 0.5) is 0 Å². The number of hydrogen-bond donors (Lipinski definition) is 1. The Morgan fingerprint density at radius 1 is 0.861 bits per heavy atom. The Balaban J connectivity index is 0.00000648. The average molecular weight is 629 g/mol. The lowest BCUT2D eigenvalue weighted by Crippen LogP contribution is -3.00. The number of hydrogen-bond acceptors (Lipinski definition) is 2. The molecule has 0 aliphatic heterocycles. The van der Waals surface area contributed by atoms with Crippen LogP contribution in [0.25, 0.3) is 0 Å². The second kappa shape index (κ2) is 20.7. The number of ether oxygens (including phenoxy) is 1. The molecule has 0 fully saturated rings. The fourth-order valence-corrected chi connectivity index (χ4v) is 4.56. The number of unbranched alkanes of at least 4 members (excludes halogenated alkanes) is 11. The summed E-state index contributed by atoms with van der Waals surface area (Å²) in [6, 6.07) is 11.4. The van der Waals surface area contributed by atoms with Crippen molar-refractivity contribution in [3.63, 3.8) is 0 Å². The van der Waals surface area contributed by atoms with Crippen molar-refractivity contribution in [2.24, 2.45) is 0 Å². The summed E-state index contributed by atoms with van der Waals surface area (Å²) in [7, 11) is 0. The Hall–Kier alpha value is -1.34. The minimum atomic E-state index is -0.172. The summed E-state index contributed by atoms with van der Waals surface area (Å²) in [5.74, 6) is 0.549. The molecular weight excluding hydrogens is 583 g/mol. The Morgan fingerprint density at radius 3 is 2.11 bits per heavy atom. The Bertz CT molecular complexity index is 863. The molecular formula is C30H46ClIN2O2. The third-order valence-electron chi connectivity index (χ3n) is 6.38. The number of nitrogens with one attached hydrogen (secondary N) is 1. The molecule has 202 valence electrons. The van der Waals surface area contributed by atoms with Crippen LogP contribution in [-0.2, 0) is 13.1 Å². The quantitative estimate of drug-likeness (QED) is 0.134. The van der Waals surface area contributed by atoms with E-state index in [0.29, 0.717) is 23.7 Å². The van der Waals surface area contributed by atoms with Gasteiger partial charge in [-0.1, -0.05) is 102 Å². The predicted molar refractivity (Wildman–Crippen MR) is 146 cm³/mol. The molecule has 1 amide bonds. The van der Waals surface area contributed by atoms with Crippen LogP contribution >= 0.6 is 11.6 Å². The van der Waals surface area contributed by atoms with Crippen molar-refractivity contribution in [2.45, 2.75) is 110 Å². The van der Waals surface area contributed by atoms with Crippen molar-refractivity contribution in [1.29, 1.82) is 0 Å². The number of benzene rings is 1. The van der Waals surface area contributed by atoms with Gasteiger partial charge >= 0.3 is 0 Å². The van der Waals surface area contributed by atoms with E-state index in [9.17, 15) is 4.79 Å². The van der Waals surface area contributed by atoms with Crippen LogP contribution < -0.4 is 38.6 Å². The van der Waals surface area contributed by atoms with Gasteiger partial charge in [0.2, 0.25) is 5.69 Å². The van der Waals surface area contributed by atoms with Crippen molar-refractivity contribution in [3.05, 3.63) is 58.9 Å². The third-order valence-corrected chi connectivity index (χ3v) is 6.69. The highest BCUT2D eigenvalue weighted by atomic mass is 127. The predicted octanol–water partition coefficient (Wildman–Crippen LogP) is 5.05. The third kappa shape index (κ3) is 13.3. The van der Waals surface area contributed by atoms with E-state index in [2.05, 4.69) is 23.7 Å². The SMILES string of the molecule is CCCCCCCCCCCCCCOc1ccc(C(=O)NCc2cccc[n+]2CCC)c(Cl)c1.[I-]. The highest BCUT2D eigenvalue weighted by Gasteiger charge is 2.14. The van der Waals surface area contributed by atoms with Gasteiger partial charge in [0.1, 0.15) is 18.8 Å². The maximum Gasteiger partial charge on any atom is 0.253 e. The van der Waals surface area contributed by atoms with E-state index < -0.39 is 0 Å². The van der Waals surface area contributed by atoms with Crippen LogP contribution in [0.15, 0.2) is 42.6 Å². The summed E-state index contributed by atoms with van der Waals surface area (Å²) in [5.41, 5.74) is 1.54. The van der Waals surface area contributed by atoms with Gasteiger partial charge in [0.05, 0.1) is 17.2 Å². The van der Waals surface area contributed by atoms with E-state index in [1.54, 1.807) is 12.1 Å². The highest BCUT2D eigenvalue weighted by molar-refractivity contribution is 6.34. The van der Waals surface area contributed by atoms with Crippen molar-refractivity contribution in [3.8, 4) is 5.75 Å². The number of aryl methyl sites for hydroxylation is 1. The second-order valence-electron chi connectivity index (χ2n) is 9.45. The first-order valence-corrected chi connectivity index (χ1v) is 14.2. The fraction of sp³-hybridized carbons (Fsp3) is 0.600. The zero-order valence-electron chi connectivity index (χ0n) is 22.4. The van der Waals surface area contributed by atoms with Gasteiger partial charge in [-0.15, -0.1) is 0 Å². The number of halogens is 2. The van der Waals surface area contributed by atoms with Crippen LogP contribution in [0.2, 0.25) is 5.02 Å². The lowest BCUT2D eigenvalue weighted by Gasteiger charge is -2.10. The van der Waals surface area contributed by atoms with Gasteiger partial charge in [0.15, 0.2) is 6.20 Å². The largest absolute Gasteiger partial charge is 1.00 e. The monoisotopic (exact) mass is 628 g/mol. The summed E-state index contributed by atoms with van der Waals surface area (Å²) in [6.45, 7) is 6.49. The van der Waals surface area contributed by atoms with E-state index in [1.807, 2.05) is 30.5 Å². The molecule has 4 nitrogen and oxygen atoms in total. The molecule has 0 aliphatic rings. The molecule has 0 atom stereocenters. The molecule has 2 rings (SSSR count). The molecule has 36 heavy (non-hydrogen) atoms. The van der Waals surface area contributed by atoms with Crippen molar-refractivity contribution < 1.29 is 38.1 Å². The zero-order chi connectivity index (χ0) is 25.1. The van der Waals surface area contributed by atoms with Crippen LogP contribution in [0.1, 0.15) is 113 Å². The number of amides is 1. The van der Waals surface area contributed by atoms with Crippen LogP contribution in [0.3, 0.4) is 0 Å². The van der Waals surface area contributed by atoms with Crippen molar-refractivity contribution in [1.82, 2.24) is 5.32 Å². The molecule has 1 heterocycles. The minimum absolute atomic E-state index is 0. The molecule has 0 radical (unpaired) electrons. The molecule has 0 spiro atoms. The smallest absolute Gasteiger partial charge is 0.253 e. The molecule has 1 N–H and O–H groups in total. The normalized spacial score (nSPS) is 10.6. The lowest BCUT2D eigenvalue weighted by molar-refractivity contribution is -0.704. The molecule has 0 bridgehead atoms. The Morgan fingerprint density at radius 2 is 1.50 bits per heavy atom. The van der Waals surface area contributed by atoms with E-state index in [0.717, 1.165) is 30.8 Å². The maximum absolute atomic E-state index is 12.7. The van der Waals surface area contributed by atoms with Gasteiger partial charge in [-0.3, -0.25) is 4.79 Å². The standard InChI is InChI=1S/C30H45ClN2O2.HI/c1-3-5-6-7-8-9-10-11-12-13-14-17-23-35-27-19-20-28(29(31)24-27)30(34)32-25-26-18-15-16-22-33(26)21-4-2;/h15-16,18-20,22,24H,3-14,17,21,23,25H2,1-2H3;1H. The molecule has 0 saturated heterocycles. The molecule has 1 aromatic carbocycles. The summed E-state index contributed by atoms with van der Waals surface area (Å²) < 4.78 is 8.03. The molecule has 0 unspecified atom stereocenters. The Labute approximate surface area is 241 Å². The van der Waals surface area contributed by atoms with Crippen LogP contribution in [0.5, 0.6) is 5.75 Å². The van der Waals surface area contributed by atoms with E-state index in [4.69, 9.17) is 16.3 Å². The number of nitrogens with zero attached hydrogens (tertiary/aromatic N) is 1. The van der Waals surface area contributed by atoms with Gasteiger partial charge in [0.25, 0.3) is 5.91 Å². The fourth-order valence-electron chi connectivity index (χ4n) is 4.30. The lowest BCUT2D eigenvalue weighted by atomic mass is 10.1. The first-order valence-electron chi connectivity index (χ1n) is 13.8. The van der Waals surface area contributed by atoms with E-state index in [1.165, 1.54) is 70.6 Å². The summed E-state index contributed by atoms with van der Waals surface area (Å²) in [5, 5.41) is 3.41. The number of aromatic nitrogens is 1. The summed E-state index contributed by atoms with van der Waals surface area (Å²) in [4.78, 5) is 12.7. The maximum atomic E-state index is 12.7. The summed E-state index contributed by atoms with van der Waals surface area (Å²) >= 11 is 6.40. The van der Waals surface area contributed by atoms with E-state index in [-0.39, 0.29) is 29.9 Å². The van der Waals surface area contributed by atoms with Gasteiger partial charge in [-0.05, 0) is 24.6 Å². The van der Waals surface area contributed by atoms with Crippen molar-refractivity contribution >= 4 is 17.5 Å². The number of carbonyl (C=O) groups is 1. The highest BCUT2D eigenvalue weighted by Crippen LogP contribution is 2.23. The molecule has 0 aliphatic carbocycles. The average Bonchev–Trinajstić information content (AvgIpc) is 2.86. The first-order chi connectivity index (χ1) is 17.2. The van der Waals surface area contributed by atoms with Gasteiger partial charge in [-0.25, -0.2) is 4.57 Å². The molecule has 6 heteroatoms. The Kier molecular flexibility index (Phi) is 18.8. The van der Waals surface area contributed by atoms with Crippen LogP contribution in [-0.4, -0.2) is 12.5 Å². The van der Waals surface area contributed by atoms with E-state index >= 15 is 0 Å². The molecule has 1 aromatic heterocycles. The number of carbonyl (C=O) groups excluding carboxylic acids is 1. The van der Waals surface area contributed by atoms with Gasteiger partial charge < -0.3 is 34.0 Å². The molecule has 2 aromatic rings. The van der Waals surface area contributed by atoms with Gasteiger partial charge in [-0.2, -0.15) is 0 Å².